The molecule has 0 spiro atoms. The van der Waals surface area contributed by atoms with Gasteiger partial charge in [-0.05, 0) is 37.1 Å². The van der Waals surface area contributed by atoms with Crippen molar-refractivity contribution in [2.45, 2.75) is 20.0 Å². The number of aliphatic hydroxyl groups excluding tert-OH is 1. The number of aliphatic hydroxyl groups is 1. The predicted molar refractivity (Wildman–Crippen MR) is 84.9 cm³/mol. The molecule has 0 bridgehead atoms. The third kappa shape index (κ3) is 4.39. The van der Waals surface area contributed by atoms with Crippen LogP contribution in [0.1, 0.15) is 19.4 Å². The number of hydrogen-bond acceptors (Lipinski definition) is 3. The first-order chi connectivity index (χ1) is 10.9. The van der Waals surface area contributed by atoms with Gasteiger partial charge in [0.2, 0.25) is 5.91 Å². The Morgan fingerprint density at radius 1 is 1.13 bits per heavy atom. The molecule has 6 heteroatoms. The van der Waals surface area contributed by atoms with Gasteiger partial charge in [-0.1, -0.05) is 12.1 Å². The van der Waals surface area contributed by atoms with E-state index < -0.39 is 6.10 Å². The number of carbonyl (C=O) groups excluding carboxylic acids is 2. The fourth-order valence-corrected chi connectivity index (χ4v) is 2.48. The molecule has 0 aliphatic carbocycles. The highest BCUT2D eigenvalue weighted by Gasteiger charge is 2.25. The Bertz CT molecular complexity index is 603. The zero-order valence-electron chi connectivity index (χ0n) is 13.3. The summed E-state index contributed by atoms with van der Waals surface area (Å²) in [4.78, 5) is 27.2. The van der Waals surface area contributed by atoms with Crippen LogP contribution in [0.4, 0.5) is 4.39 Å². The summed E-state index contributed by atoms with van der Waals surface area (Å²) in [5, 5.41) is 9.30. The lowest BCUT2D eigenvalue weighted by atomic mass is 10.1. The first kappa shape index (κ1) is 17.1. The molecule has 1 heterocycles. The van der Waals surface area contributed by atoms with Gasteiger partial charge in [0.1, 0.15) is 11.9 Å². The summed E-state index contributed by atoms with van der Waals surface area (Å²) >= 11 is 0. The van der Waals surface area contributed by atoms with Crippen LogP contribution in [-0.4, -0.2) is 59.0 Å². The molecule has 1 N–H and O–H groups in total. The fourth-order valence-electron chi connectivity index (χ4n) is 2.48. The van der Waals surface area contributed by atoms with Gasteiger partial charge in [0, 0.05) is 32.3 Å². The van der Waals surface area contributed by atoms with Crippen molar-refractivity contribution in [2.75, 3.05) is 26.2 Å². The first-order valence-corrected chi connectivity index (χ1v) is 7.58. The summed E-state index contributed by atoms with van der Waals surface area (Å²) in [6.07, 6.45) is 0.511. The molecule has 5 nitrogen and oxygen atoms in total. The molecule has 124 valence electrons. The monoisotopic (exact) mass is 320 g/mol. The summed E-state index contributed by atoms with van der Waals surface area (Å²) in [5.74, 6) is -0.752. The largest absolute Gasteiger partial charge is 0.384 e. The van der Waals surface area contributed by atoms with E-state index in [9.17, 15) is 19.1 Å². The maximum Gasteiger partial charge on any atom is 0.251 e. The maximum absolute atomic E-state index is 12.9. The number of rotatable bonds is 3. The van der Waals surface area contributed by atoms with Gasteiger partial charge in [0.25, 0.3) is 5.91 Å². The highest BCUT2D eigenvalue weighted by molar-refractivity contribution is 5.95. The van der Waals surface area contributed by atoms with Crippen LogP contribution in [0, 0.1) is 5.82 Å². The van der Waals surface area contributed by atoms with Crippen molar-refractivity contribution < 1.29 is 19.1 Å². The van der Waals surface area contributed by atoms with Crippen LogP contribution in [0.25, 0.3) is 5.57 Å². The van der Waals surface area contributed by atoms with Crippen LogP contribution in [0.3, 0.4) is 0 Å². The van der Waals surface area contributed by atoms with Crippen molar-refractivity contribution in [3.63, 3.8) is 0 Å². The highest BCUT2D eigenvalue weighted by atomic mass is 19.1. The summed E-state index contributed by atoms with van der Waals surface area (Å²) in [5.41, 5.74) is 1.56. The second-order valence-electron chi connectivity index (χ2n) is 5.66. The van der Waals surface area contributed by atoms with E-state index >= 15 is 0 Å². The van der Waals surface area contributed by atoms with Gasteiger partial charge in [-0.2, -0.15) is 0 Å². The van der Waals surface area contributed by atoms with Gasteiger partial charge in [0.15, 0.2) is 0 Å². The average molecular weight is 320 g/mol. The SMILES string of the molecule is C/C(=C/C(=O)N1CCN(C(=O)C(C)O)CC1)c1ccc(F)cc1. The molecular weight excluding hydrogens is 299 g/mol. The third-order valence-corrected chi connectivity index (χ3v) is 3.90. The zero-order valence-corrected chi connectivity index (χ0v) is 13.3. The number of benzene rings is 1. The number of hydrogen-bond donors (Lipinski definition) is 1. The number of halogens is 1. The number of nitrogens with zero attached hydrogens (tertiary/aromatic N) is 2. The molecule has 1 unspecified atom stereocenters. The van der Waals surface area contributed by atoms with Gasteiger partial charge >= 0.3 is 0 Å². The number of piperazine rings is 1. The van der Waals surface area contributed by atoms with Crippen LogP contribution < -0.4 is 0 Å². The Kier molecular flexibility index (Phi) is 5.50. The van der Waals surface area contributed by atoms with E-state index in [2.05, 4.69) is 0 Å². The van der Waals surface area contributed by atoms with Crippen LogP contribution >= 0.6 is 0 Å². The second kappa shape index (κ2) is 7.37. The molecule has 1 saturated heterocycles. The summed E-state index contributed by atoms with van der Waals surface area (Å²) in [6.45, 7) is 4.94. The molecule has 0 saturated carbocycles. The quantitative estimate of drug-likeness (QED) is 0.854. The van der Waals surface area contributed by atoms with Crippen LogP contribution in [0.15, 0.2) is 30.3 Å². The zero-order chi connectivity index (χ0) is 17.0. The fraction of sp³-hybridized carbons (Fsp3) is 0.412. The van der Waals surface area contributed by atoms with E-state index in [1.165, 1.54) is 25.1 Å². The van der Waals surface area contributed by atoms with E-state index in [0.717, 1.165) is 11.1 Å². The minimum absolute atomic E-state index is 0.129. The molecule has 1 aliphatic heterocycles. The van der Waals surface area contributed by atoms with Crippen LogP contribution in [0.2, 0.25) is 0 Å². The molecule has 0 radical (unpaired) electrons. The molecular formula is C17H21FN2O3. The van der Waals surface area contributed by atoms with Crippen LogP contribution in [0.5, 0.6) is 0 Å². The second-order valence-corrected chi connectivity index (χ2v) is 5.66. The molecule has 1 aromatic rings. The van der Waals surface area contributed by atoms with E-state index in [-0.39, 0.29) is 17.6 Å². The lowest BCUT2D eigenvalue weighted by Gasteiger charge is -2.34. The van der Waals surface area contributed by atoms with Gasteiger partial charge < -0.3 is 14.9 Å². The number of amides is 2. The summed E-state index contributed by atoms with van der Waals surface area (Å²) in [6, 6.07) is 5.98. The van der Waals surface area contributed by atoms with Gasteiger partial charge in [-0.3, -0.25) is 9.59 Å². The molecule has 0 aromatic heterocycles. The Hall–Kier alpha value is -2.21. The summed E-state index contributed by atoms with van der Waals surface area (Å²) in [7, 11) is 0. The number of carbonyl (C=O) groups is 2. The highest BCUT2D eigenvalue weighted by Crippen LogP contribution is 2.15. The molecule has 2 amide bonds. The Morgan fingerprint density at radius 3 is 2.17 bits per heavy atom. The van der Waals surface area contributed by atoms with Crippen LogP contribution in [-0.2, 0) is 9.59 Å². The average Bonchev–Trinajstić information content (AvgIpc) is 2.54. The number of allylic oxidation sites excluding steroid dienone is 1. The standard InChI is InChI=1S/C17H21FN2O3/c1-12(14-3-5-15(18)6-4-14)11-16(22)19-7-9-20(10-8-19)17(23)13(2)21/h3-6,11,13,21H,7-10H2,1-2H3/b12-11-. The van der Waals surface area contributed by atoms with E-state index in [4.69, 9.17) is 0 Å². The molecule has 23 heavy (non-hydrogen) atoms. The van der Waals surface area contributed by atoms with Crippen molar-refractivity contribution in [3.05, 3.63) is 41.7 Å². The smallest absolute Gasteiger partial charge is 0.251 e. The minimum Gasteiger partial charge on any atom is -0.384 e. The van der Waals surface area contributed by atoms with E-state index in [1.807, 2.05) is 0 Å². The molecule has 1 aromatic carbocycles. The van der Waals surface area contributed by atoms with Gasteiger partial charge in [-0.25, -0.2) is 4.39 Å². The molecule has 1 aliphatic rings. The van der Waals surface area contributed by atoms with E-state index in [0.29, 0.717) is 26.2 Å². The predicted octanol–water partition coefficient (Wildman–Crippen LogP) is 1.28. The van der Waals surface area contributed by atoms with Crippen molar-refractivity contribution in [3.8, 4) is 0 Å². The van der Waals surface area contributed by atoms with Gasteiger partial charge in [0.05, 0.1) is 0 Å². The summed E-state index contributed by atoms with van der Waals surface area (Å²) < 4.78 is 12.9. The lowest BCUT2D eigenvalue weighted by Crippen LogP contribution is -2.52. The van der Waals surface area contributed by atoms with Crippen molar-refractivity contribution >= 4 is 17.4 Å². The van der Waals surface area contributed by atoms with Crippen molar-refractivity contribution in [2.24, 2.45) is 0 Å². The molecule has 1 fully saturated rings. The lowest BCUT2D eigenvalue weighted by molar-refractivity contribution is -0.143. The Morgan fingerprint density at radius 2 is 1.65 bits per heavy atom. The molecule has 1 atom stereocenters. The van der Waals surface area contributed by atoms with Crippen molar-refractivity contribution in [1.29, 1.82) is 0 Å². The van der Waals surface area contributed by atoms with Crippen molar-refractivity contribution in [1.82, 2.24) is 9.80 Å². The minimum atomic E-state index is -1.02. The third-order valence-electron chi connectivity index (χ3n) is 3.90. The topological polar surface area (TPSA) is 60.9 Å². The maximum atomic E-state index is 12.9. The normalized spacial score (nSPS) is 17.1. The van der Waals surface area contributed by atoms with Gasteiger partial charge in [-0.15, -0.1) is 0 Å². The Balaban J connectivity index is 1.96. The Labute approximate surface area is 135 Å². The molecule has 2 rings (SSSR count). The first-order valence-electron chi connectivity index (χ1n) is 7.58. The van der Waals surface area contributed by atoms with E-state index in [1.54, 1.807) is 28.9 Å².